The van der Waals surface area contributed by atoms with Crippen molar-refractivity contribution in [2.75, 3.05) is 13.2 Å². The number of pyridine rings is 2. The van der Waals surface area contributed by atoms with Gasteiger partial charge in [-0.1, -0.05) is 36.4 Å². The van der Waals surface area contributed by atoms with E-state index in [0.29, 0.717) is 29.8 Å². The molecular formula is C34H37N3O6. The highest BCUT2D eigenvalue weighted by atomic mass is 16.5. The van der Waals surface area contributed by atoms with E-state index in [1.54, 1.807) is 38.6 Å². The summed E-state index contributed by atoms with van der Waals surface area (Å²) in [6.07, 6.45) is 9.73. The van der Waals surface area contributed by atoms with Gasteiger partial charge in [0.25, 0.3) is 0 Å². The zero-order valence-corrected chi connectivity index (χ0v) is 24.8. The summed E-state index contributed by atoms with van der Waals surface area (Å²) in [5.41, 5.74) is 5.05. The van der Waals surface area contributed by atoms with Crippen molar-refractivity contribution in [1.82, 2.24) is 9.97 Å². The van der Waals surface area contributed by atoms with E-state index in [1.165, 1.54) is 6.92 Å². The second-order valence-corrected chi connectivity index (χ2v) is 10.5. The van der Waals surface area contributed by atoms with Crippen LogP contribution in [-0.2, 0) is 48.0 Å². The number of allylic oxidation sites excluding steroid dienone is 1. The van der Waals surface area contributed by atoms with Crippen molar-refractivity contribution in [3.63, 3.8) is 0 Å². The molecule has 2 atom stereocenters. The van der Waals surface area contributed by atoms with Crippen molar-refractivity contribution in [2.24, 2.45) is 10.9 Å². The summed E-state index contributed by atoms with van der Waals surface area (Å²) in [6.45, 7) is 5.46. The SMILES string of the molecule is CC(=O)OCc1ccc(C2C(C(=O)OCCCc3cccnc3)=C(C)N=C(C)C2C(=O)OCCCc2cccnc2)cc1. The van der Waals surface area contributed by atoms with Crippen LogP contribution in [0.3, 0.4) is 0 Å². The fourth-order valence-electron chi connectivity index (χ4n) is 5.12. The molecule has 9 nitrogen and oxygen atoms in total. The Balaban J connectivity index is 1.51. The molecule has 0 fully saturated rings. The fraction of sp³-hybridized carbons (Fsp3) is 0.353. The summed E-state index contributed by atoms with van der Waals surface area (Å²) in [7, 11) is 0. The standard InChI is InChI=1S/C34H37N3O6/c1-23-30(33(39)41-18-6-10-26-8-4-16-35-20-26)32(29-14-12-28(13-15-29)22-43-25(3)38)31(24(2)37-23)34(40)42-19-7-11-27-9-5-17-36-21-27/h4-5,8-9,12-17,20-21,30,32H,6-7,10-11,18-19,22H2,1-3H3. The van der Waals surface area contributed by atoms with Gasteiger partial charge < -0.3 is 14.2 Å². The number of ether oxygens (including phenoxy) is 3. The average Bonchev–Trinajstić information content (AvgIpc) is 3.01. The second kappa shape index (κ2) is 15.5. The van der Waals surface area contributed by atoms with E-state index >= 15 is 0 Å². The first-order valence-corrected chi connectivity index (χ1v) is 14.4. The van der Waals surface area contributed by atoms with Crippen molar-refractivity contribution >= 4 is 23.6 Å². The number of aromatic nitrogens is 2. The van der Waals surface area contributed by atoms with Gasteiger partial charge in [-0.3, -0.25) is 24.5 Å². The monoisotopic (exact) mass is 583 g/mol. The summed E-state index contributed by atoms with van der Waals surface area (Å²) >= 11 is 0. The molecule has 3 heterocycles. The molecule has 224 valence electrons. The maximum atomic E-state index is 13.6. The second-order valence-electron chi connectivity index (χ2n) is 10.5. The third kappa shape index (κ3) is 8.91. The summed E-state index contributed by atoms with van der Waals surface area (Å²) in [5.74, 6) is -2.79. The van der Waals surface area contributed by atoms with Crippen LogP contribution in [0.15, 0.2) is 89.6 Å². The first-order chi connectivity index (χ1) is 20.8. The Bertz CT molecular complexity index is 1450. The summed E-state index contributed by atoms with van der Waals surface area (Å²) in [4.78, 5) is 51.3. The molecule has 3 aromatic rings. The van der Waals surface area contributed by atoms with E-state index in [4.69, 9.17) is 14.2 Å². The molecule has 4 rings (SSSR count). The third-order valence-electron chi connectivity index (χ3n) is 7.23. The van der Waals surface area contributed by atoms with Crippen LogP contribution >= 0.6 is 0 Å². The van der Waals surface area contributed by atoms with Gasteiger partial charge in [0.1, 0.15) is 12.5 Å². The van der Waals surface area contributed by atoms with E-state index in [1.807, 2.05) is 48.5 Å². The Labute approximate surface area is 252 Å². The van der Waals surface area contributed by atoms with E-state index in [9.17, 15) is 14.4 Å². The number of carbonyl (C=O) groups is 3. The number of hydrogen-bond acceptors (Lipinski definition) is 9. The molecule has 0 N–H and O–H groups in total. The zero-order chi connectivity index (χ0) is 30.6. The van der Waals surface area contributed by atoms with E-state index in [2.05, 4.69) is 15.0 Å². The number of aryl methyl sites for hydroxylation is 2. The maximum Gasteiger partial charge on any atom is 0.336 e. The van der Waals surface area contributed by atoms with Gasteiger partial charge in [0, 0.05) is 49.0 Å². The molecule has 0 aliphatic carbocycles. The van der Waals surface area contributed by atoms with Gasteiger partial charge in [-0.05, 0) is 73.9 Å². The minimum Gasteiger partial charge on any atom is -0.465 e. The molecule has 9 heteroatoms. The molecule has 0 bridgehead atoms. The third-order valence-corrected chi connectivity index (χ3v) is 7.23. The molecule has 0 saturated carbocycles. The number of aliphatic imine (C=N–C) groups is 1. The highest BCUT2D eigenvalue weighted by molar-refractivity contribution is 6.07. The molecule has 2 aromatic heterocycles. The van der Waals surface area contributed by atoms with Gasteiger partial charge in [-0.2, -0.15) is 0 Å². The van der Waals surface area contributed by atoms with E-state index in [0.717, 1.165) is 35.1 Å². The quantitative estimate of drug-likeness (QED) is 0.150. The topological polar surface area (TPSA) is 117 Å². The molecule has 0 spiro atoms. The number of rotatable bonds is 13. The maximum absolute atomic E-state index is 13.6. The van der Waals surface area contributed by atoms with E-state index < -0.39 is 23.8 Å². The highest BCUT2D eigenvalue weighted by Crippen LogP contribution is 2.40. The number of esters is 3. The Morgan fingerprint density at radius 3 is 1.93 bits per heavy atom. The van der Waals surface area contributed by atoms with Crippen LogP contribution in [0.1, 0.15) is 61.8 Å². The zero-order valence-electron chi connectivity index (χ0n) is 24.8. The first-order valence-electron chi connectivity index (χ1n) is 14.4. The molecule has 0 amide bonds. The van der Waals surface area contributed by atoms with Crippen molar-refractivity contribution in [3.05, 3.63) is 107 Å². The first kappa shape index (κ1) is 31.3. The van der Waals surface area contributed by atoms with Gasteiger partial charge in [0.15, 0.2) is 0 Å². The molecule has 43 heavy (non-hydrogen) atoms. The van der Waals surface area contributed by atoms with Gasteiger partial charge in [-0.15, -0.1) is 0 Å². The van der Waals surface area contributed by atoms with Gasteiger partial charge in [0.05, 0.1) is 18.8 Å². The lowest BCUT2D eigenvalue weighted by molar-refractivity contribution is -0.147. The van der Waals surface area contributed by atoms with Crippen LogP contribution < -0.4 is 0 Å². The lowest BCUT2D eigenvalue weighted by Crippen LogP contribution is -2.36. The molecule has 1 aromatic carbocycles. The Kier molecular flexibility index (Phi) is 11.3. The lowest BCUT2D eigenvalue weighted by atomic mass is 9.75. The lowest BCUT2D eigenvalue weighted by Gasteiger charge is -2.31. The Morgan fingerprint density at radius 1 is 0.767 bits per heavy atom. The average molecular weight is 584 g/mol. The van der Waals surface area contributed by atoms with Crippen LogP contribution in [0.25, 0.3) is 0 Å². The number of carbonyl (C=O) groups excluding carboxylic acids is 3. The molecule has 0 radical (unpaired) electrons. The summed E-state index contributed by atoms with van der Waals surface area (Å²) < 4.78 is 16.6. The van der Waals surface area contributed by atoms with Crippen molar-refractivity contribution in [3.8, 4) is 0 Å². The largest absolute Gasteiger partial charge is 0.465 e. The van der Waals surface area contributed by atoms with Crippen molar-refractivity contribution in [1.29, 1.82) is 0 Å². The predicted octanol–water partition coefficient (Wildman–Crippen LogP) is 5.34. The van der Waals surface area contributed by atoms with Gasteiger partial charge in [-0.25, -0.2) is 4.79 Å². The van der Waals surface area contributed by atoms with Crippen LogP contribution in [0.4, 0.5) is 0 Å². The van der Waals surface area contributed by atoms with Gasteiger partial charge >= 0.3 is 17.9 Å². The number of hydrogen-bond donors (Lipinski definition) is 0. The Morgan fingerprint density at radius 2 is 1.37 bits per heavy atom. The predicted molar refractivity (Wildman–Crippen MR) is 161 cm³/mol. The Hall–Kier alpha value is -4.66. The summed E-state index contributed by atoms with van der Waals surface area (Å²) in [6, 6.07) is 15.0. The number of benzene rings is 1. The smallest absolute Gasteiger partial charge is 0.336 e. The molecule has 1 aliphatic rings. The fourth-order valence-corrected chi connectivity index (χ4v) is 5.12. The van der Waals surface area contributed by atoms with Crippen molar-refractivity contribution in [2.45, 2.75) is 59.0 Å². The highest BCUT2D eigenvalue weighted by Gasteiger charge is 2.42. The van der Waals surface area contributed by atoms with Crippen LogP contribution in [0, 0.1) is 5.92 Å². The van der Waals surface area contributed by atoms with Crippen molar-refractivity contribution < 1.29 is 28.6 Å². The summed E-state index contributed by atoms with van der Waals surface area (Å²) in [5, 5.41) is 0. The van der Waals surface area contributed by atoms with Crippen LogP contribution in [-0.4, -0.2) is 46.8 Å². The van der Waals surface area contributed by atoms with E-state index in [-0.39, 0.29) is 25.8 Å². The van der Waals surface area contributed by atoms with Gasteiger partial charge in [0.2, 0.25) is 0 Å². The minimum absolute atomic E-state index is 0.129. The van der Waals surface area contributed by atoms with Crippen LogP contribution in [0.5, 0.6) is 0 Å². The normalized spacial score (nSPS) is 16.3. The molecule has 2 unspecified atom stereocenters. The van der Waals surface area contributed by atoms with Crippen LogP contribution in [0.2, 0.25) is 0 Å². The molecule has 1 aliphatic heterocycles. The molecule has 0 saturated heterocycles. The molecular weight excluding hydrogens is 546 g/mol. The number of nitrogens with zero attached hydrogens (tertiary/aromatic N) is 3. The minimum atomic E-state index is -0.806.